The molecule has 0 saturated carbocycles. The SMILES string of the molecule is Clc1ccc(-n2cnnn2)c(-c2cc(CNCc3ccccc3)no2)c1. The highest BCUT2D eigenvalue weighted by molar-refractivity contribution is 6.31. The molecule has 7 nitrogen and oxygen atoms in total. The quantitative estimate of drug-likeness (QED) is 0.564. The predicted octanol–water partition coefficient (Wildman–Crippen LogP) is 3.26. The zero-order chi connectivity index (χ0) is 17.8. The molecule has 8 heteroatoms. The van der Waals surface area contributed by atoms with E-state index in [9.17, 15) is 0 Å². The molecule has 2 heterocycles. The fourth-order valence-electron chi connectivity index (χ4n) is 2.63. The molecular weight excluding hydrogens is 352 g/mol. The van der Waals surface area contributed by atoms with E-state index < -0.39 is 0 Å². The number of benzene rings is 2. The van der Waals surface area contributed by atoms with Crippen molar-refractivity contribution in [3.63, 3.8) is 0 Å². The normalized spacial score (nSPS) is 11.0. The summed E-state index contributed by atoms with van der Waals surface area (Å²) in [5.41, 5.74) is 3.55. The third-order valence-electron chi connectivity index (χ3n) is 3.86. The van der Waals surface area contributed by atoms with Gasteiger partial charge in [0.05, 0.1) is 11.4 Å². The molecule has 0 fully saturated rings. The third kappa shape index (κ3) is 3.63. The summed E-state index contributed by atoms with van der Waals surface area (Å²) in [5.74, 6) is 0.606. The molecule has 2 aromatic carbocycles. The lowest BCUT2D eigenvalue weighted by Gasteiger charge is -2.05. The predicted molar refractivity (Wildman–Crippen MR) is 96.6 cm³/mol. The van der Waals surface area contributed by atoms with E-state index in [4.69, 9.17) is 16.1 Å². The zero-order valence-corrected chi connectivity index (χ0v) is 14.5. The van der Waals surface area contributed by atoms with Crippen LogP contribution in [0.1, 0.15) is 11.3 Å². The molecule has 0 atom stereocenters. The van der Waals surface area contributed by atoms with Crippen LogP contribution in [0.15, 0.2) is 65.4 Å². The zero-order valence-electron chi connectivity index (χ0n) is 13.7. The van der Waals surface area contributed by atoms with Gasteiger partial charge in [0.2, 0.25) is 0 Å². The number of hydrogen-bond donors (Lipinski definition) is 1. The lowest BCUT2D eigenvalue weighted by atomic mass is 10.1. The minimum Gasteiger partial charge on any atom is -0.356 e. The van der Waals surface area contributed by atoms with Gasteiger partial charge in [-0.15, -0.1) is 5.10 Å². The Morgan fingerprint density at radius 2 is 1.92 bits per heavy atom. The lowest BCUT2D eigenvalue weighted by Crippen LogP contribution is -2.12. The number of halogens is 1. The number of nitrogens with one attached hydrogen (secondary N) is 1. The maximum atomic E-state index is 6.15. The van der Waals surface area contributed by atoms with Crippen LogP contribution in [0.4, 0.5) is 0 Å². The van der Waals surface area contributed by atoms with Crippen molar-refractivity contribution < 1.29 is 4.52 Å². The van der Waals surface area contributed by atoms with Gasteiger partial charge in [-0.25, -0.2) is 0 Å². The van der Waals surface area contributed by atoms with Gasteiger partial charge in [-0.3, -0.25) is 0 Å². The molecule has 130 valence electrons. The largest absolute Gasteiger partial charge is 0.356 e. The van der Waals surface area contributed by atoms with E-state index >= 15 is 0 Å². The van der Waals surface area contributed by atoms with Crippen LogP contribution in [0, 0.1) is 0 Å². The van der Waals surface area contributed by atoms with Crippen molar-refractivity contribution in [1.82, 2.24) is 30.7 Å². The Balaban J connectivity index is 1.52. The van der Waals surface area contributed by atoms with Crippen molar-refractivity contribution in [1.29, 1.82) is 0 Å². The molecule has 0 bridgehead atoms. The molecule has 4 rings (SSSR count). The van der Waals surface area contributed by atoms with Gasteiger partial charge in [0.15, 0.2) is 5.76 Å². The van der Waals surface area contributed by atoms with Gasteiger partial charge in [-0.1, -0.05) is 47.1 Å². The maximum absolute atomic E-state index is 6.15. The van der Waals surface area contributed by atoms with Crippen LogP contribution in [-0.4, -0.2) is 25.4 Å². The van der Waals surface area contributed by atoms with Crippen molar-refractivity contribution in [2.24, 2.45) is 0 Å². The van der Waals surface area contributed by atoms with E-state index in [1.165, 1.54) is 11.9 Å². The van der Waals surface area contributed by atoms with Gasteiger partial charge in [0.1, 0.15) is 6.33 Å². The molecule has 0 aliphatic heterocycles. The minimum atomic E-state index is 0.594. The third-order valence-corrected chi connectivity index (χ3v) is 4.09. The second kappa shape index (κ2) is 7.47. The molecule has 26 heavy (non-hydrogen) atoms. The molecule has 0 saturated heterocycles. The fraction of sp³-hybridized carbons (Fsp3) is 0.111. The average molecular weight is 367 g/mol. The van der Waals surface area contributed by atoms with Gasteiger partial charge in [-0.2, -0.15) is 4.68 Å². The van der Waals surface area contributed by atoms with Gasteiger partial charge in [-0.05, 0) is 34.2 Å². The van der Waals surface area contributed by atoms with E-state index in [0.29, 0.717) is 17.3 Å². The first-order chi connectivity index (χ1) is 12.8. The van der Waals surface area contributed by atoms with Crippen LogP contribution in [-0.2, 0) is 13.1 Å². The second-order valence-electron chi connectivity index (χ2n) is 5.69. The molecule has 2 aromatic heterocycles. The number of nitrogens with zero attached hydrogens (tertiary/aromatic N) is 5. The number of rotatable bonds is 6. The van der Waals surface area contributed by atoms with Gasteiger partial charge in [0, 0.05) is 29.7 Å². The van der Waals surface area contributed by atoms with Crippen LogP contribution in [0.5, 0.6) is 0 Å². The highest BCUT2D eigenvalue weighted by Crippen LogP contribution is 2.29. The summed E-state index contributed by atoms with van der Waals surface area (Å²) in [7, 11) is 0. The molecule has 1 N–H and O–H groups in total. The Hall–Kier alpha value is -3.03. The highest BCUT2D eigenvalue weighted by atomic mass is 35.5. The molecular formula is C18H15ClN6O. The van der Waals surface area contributed by atoms with E-state index in [1.54, 1.807) is 16.8 Å². The smallest absolute Gasteiger partial charge is 0.169 e. The van der Waals surface area contributed by atoms with Crippen LogP contribution in [0.3, 0.4) is 0 Å². The highest BCUT2D eigenvalue weighted by Gasteiger charge is 2.14. The lowest BCUT2D eigenvalue weighted by molar-refractivity contribution is 0.419. The first-order valence-corrected chi connectivity index (χ1v) is 8.41. The topological polar surface area (TPSA) is 81.7 Å². The molecule has 0 unspecified atom stereocenters. The molecule has 4 aromatic rings. The first-order valence-electron chi connectivity index (χ1n) is 8.03. The number of tetrazole rings is 1. The second-order valence-corrected chi connectivity index (χ2v) is 6.12. The van der Waals surface area contributed by atoms with E-state index in [-0.39, 0.29) is 0 Å². The van der Waals surface area contributed by atoms with Crippen molar-refractivity contribution in [2.45, 2.75) is 13.1 Å². The Morgan fingerprint density at radius 3 is 2.73 bits per heavy atom. The van der Waals surface area contributed by atoms with E-state index in [0.717, 1.165) is 23.5 Å². The summed E-state index contributed by atoms with van der Waals surface area (Å²) >= 11 is 6.15. The van der Waals surface area contributed by atoms with Crippen molar-refractivity contribution in [2.75, 3.05) is 0 Å². The van der Waals surface area contributed by atoms with Crippen LogP contribution in [0.25, 0.3) is 17.0 Å². The standard InChI is InChI=1S/C18H15ClN6O/c19-14-6-7-17(25-12-21-23-24-25)16(8-14)18-9-15(22-26-18)11-20-10-13-4-2-1-3-5-13/h1-9,12,20H,10-11H2. The van der Waals surface area contributed by atoms with E-state index in [2.05, 4.69) is 38.1 Å². The Kier molecular flexibility index (Phi) is 4.72. The van der Waals surface area contributed by atoms with E-state index in [1.807, 2.05) is 30.3 Å². The Morgan fingerprint density at radius 1 is 1.04 bits per heavy atom. The summed E-state index contributed by atoms with van der Waals surface area (Å²) in [6.45, 7) is 1.36. The van der Waals surface area contributed by atoms with Gasteiger partial charge in [0.25, 0.3) is 0 Å². The molecule has 0 aliphatic carbocycles. The summed E-state index contributed by atoms with van der Waals surface area (Å²) in [6, 6.07) is 17.5. The first kappa shape index (κ1) is 16.4. The van der Waals surface area contributed by atoms with Crippen LogP contribution < -0.4 is 5.32 Å². The minimum absolute atomic E-state index is 0.594. The Labute approximate surface area is 154 Å². The molecule has 0 spiro atoms. The average Bonchev–Trinajstić information content (AvgIpc) is 3.35. The maximum Gasteiger partial charge on any atom is 0.169 e. The van der Waals surface area contributed by atoms with Crippen molar-refractivity contribution in [3.8, 4) is 17.0 Å². The van der Waals surface area contributed by atoms with Crippen molar-refractivity contribution >= 4 is 11.6 Å². The summed E-state index contributed by atoms with van der Waals surface area (Å²) in [4.78, 5) is 0. The van der Waals surface area contributed by atoms with Gasteiger partial charge >= 0.3 is 0 Å². The Bertz CT molecular complexity index is 984. The van der Waals surface area contributed by atoms with Crippen LogP contribution >= 0.6 is 11.6 Å². The molecule has 0 radical (unpaired) electrons. The fourth-order valence-corrected chi connectivity index (χ4v) is 2.80. The molecule has 0 aliphatic rings. The van der Waals surface area contributed by atoms with Crippen LogP contribution in [0.2, 0.25) is 5.02 Å². The summed E-state index contributed by atoms with van der Waals surface area (Å²) in [5, 5.41) is 19.4. The monoisotopic (exact) mass is 366 g/mol. The number of aromatic nitrogens is 5. The summed E-state index contributed by atoms with van der Waals surface area (Å²) in [6.07, 6.45) is 1.52. The number of hydrogen-bond acceptors (Lipinski definition) is 6. The summed E-state index contributed by atoms with van der Waals surface area (Å²) < 4.78 is 7.07. The molecule has 0 amide bonds. The van der Waals surface area contributed by atoms with Crippen molar-refractivity contribution in [3.05, 3.63) is 77.2 Å². The van der Waals surface area contributed by atoms with Gasteiger partial charge < -0.3 is 9.84 Å².